The van der Waals surface area contributed by atoms with Crippen molar-refractivity contribution in [2.75, 3.05) is 19.6 Å². The second-order valence-corrected chi connectivity index (χ2v) is 5.79. The molecule has 1 aromatic rings. The van der Waals surface area contributed by atoms with E-state index in [0.717, 1.165) is 6.42 Å². The first-order valence-electron chi connectivity index (χ1n) is 7.83. The van der Waals surface area contributed by atoms with Gasteiger partial charge in [-0.05, 0) is 12.5 Å². The molecule has 0 bridgehead atoms. The van der Waals surface area contributed by atoms with Crippen LogP contribution in [0.2, 0.25) is 0 Å². The molecule has 4 nitrogen and oxygen atoms in total. The average Bonchev–Trinajstić information content (AvgIpc) is 2.70. The Morgan fingerprint density at radius 2 is 2.00 bits per heavy atom. The summed E-state index contributed by atoms with van der Waals surface area (Å²) >= 11 is 0. The Morgan fingerprint density at radius 1 is 1.27 bits per heavy atom. The summed E-state index contributed by atoms with van der Waals surface area (Å²) in [6.07, 6.45) is 1.10. The van der Waals surface area contributed by atoms with Gasteiger partial charge in [-0.1, -0.05) is 32.0 Å². The SMILES string of the molecule is CC[C@H](C)C(=O)N1CCC(=O)N(Cc2ccccc2F)CC1. The number of carbonyl (C=O) groups is 2. The van der Waals surface area contributed by atoms with Crippen LogP contribution >= 0.6 is 0 Å². The smallest absolute Gasteiger partial charge is 0.225 e. The fourth-order valence-corrected chi connectivity index (χ4v) is 2.57. The van der Waals surface area contributed by atoms with Gasteiger partial charge in [-0.3, -0.25) is 9.59 Å². The van der Waals surface area contributed by atoms with Crippen LogP contribution in [-0.2, 0) is 16.1 Å². The van der Waals surface area contributed by atoms with Crippen LogP contribution in [0.1, 0.15) is 32.3 Å². The summed E-state index contributed by atoms with van der Waals surface area (Å²) in [7, 11) is 0. The third-order valence-electron chi connectivity index (χ3n) is 4.25. The third-order valence-corrected chi connectivity index (χ3v) is 4.25. The maximum absolute atomic E-state index is 13.7. The van der Waals surface area contributed by atoms with Gasteiger partial charge < -0.3 is 9.80 Å². The van der Waals surface area contributed by atoms with Gasteiger partial charge in [0.25, 0.3) is 0 Å². The Balaban J connectivity index is 2.02. The van der Waals surface area contributed by atoms with Crippen LogP contribution < -0.4 is 0 Å². The largest absolute Gasteiger partial charge is 0.340 e. The van der Waals surface area contributed by atoms with Crippen molar-refractivity contribution in [1.29, 1.82) is 0 Å². The molecule has 0 aliphatic carbocycles. The Morgan fingerprint density at radius 3 is 2.68 bits per heavy atom. The lowest BCUT2D eigenvalue weighted by Gasteiger charge is -2.24. The summed E-state index contributed by atoms with van der Waals surface area (Å²) in [5.41, 5.74) is 0.512. The van der Waals surface area contributed by atoms with Crippen LogP contribution in [0.5, 0.6) is 0 Å². The zero-order valence-corrected chi connectivity index (χ0v) is 13.2. The van der Waals surface area contributed by atoms with Crippen molar-refractivity contribution in [2.45, 2.75) is 33.2 Å². The molecule has 1 aromatic carbocycles. The number of nitrogens with zero attached hydrogens (tertiary/aromatic N) is 2. The van der Waals surface area contributed by atoms with Crippen LogP contribution in [0.25, 0.3) is 0 Å². The Hall–Kier alpha value is -1.91. The minimum atomic E-state index is -0.299. The van der Waals surface area contributed by atoms with Crippen molar-refractivity contribution in [3.05, 3.63) is 35.6 Å². The zero-order valence-electron chi connectivity index (χ0n) is 13.2. The van der Waals surface area contributed by atoms with Crippen molar-refractivity contribution in [2.24, 2.45) is 5.92 Å². The van der Waals surface area contributed by atoms with E-state index in [9.17, 15) is 14.0 Å². The highest BCUT2D eigenvalue weighted by atomic mass is 19.1. The summed E-state index contributed by atoms with van der Waals surface area (Å²) in [6.45, 7) is 5.58. The molecule has 1 aliphatic heterocycles. The highest BCUT2D eigenvalue weighted by Gasteiger charge is 2.26. The number of hydrogen-bond donors (Lipinski definition) is 0. The lowest BCUT2D eigenvalue weighted by atomic mass is 10.1. The molecule has 5 heteroatoms. The second-order valence-electron chi connectivity index (χ2n) is 5.79. The van der Waals surface area contributed by atoms with Crippen molar-refractivity contribution < 1.29 is 14.0 Å². The summed E-state index contributed by atoms with van der Waals surface area (Å²) in [5, 5.41) is 0. The van der Waals surface area contributed by atoms with Crippen LogP contribution in [0.3, 0.4) is 0 Å². The van der Waals surface area contributed by atoms with E-state index < -0.39 is 0 Å². The van der Waals surface area contributed by atoms with Crippen molar-refractivity contribution >= 4 is 11.8 Å². The van der Waals surface area contributed by atoms with E-state index in [0.29, 0.717) is 31.6 Å². The van der Waals surface area contributed by atoms with Gasteiger partial charge in [0.15, 0.2) is 0 Å². The molecule has 0 unspecified atom stereocenters. The molecule has 2 rings (SSSR count). The zero-order chi connectivity index (χ0) is 16.1. The van der Waals surface area contributed by atoms with E-state index in [-0.39, 0.29) is 30.1 Å². The maximum atomic E-state index is 13.7. The molecule has 1 saturated heterocycles. The molecule has 2 amide bonds. The Labute approximate surface area is 130 Å². The molecule has 1 fully saturated rings. The molecule has 120 valence electrons. The van der Waals surface area contributed by atoms with E-state index in [1.54, 1.807) is 28.0 Å². The molecule has 1 heterocycles. The summed E-state index contributed by atoms with van der Waals surface area (Å²) < 4.78 is 13.7. The molecular formula is C17H23FN2O2. The lowest BCUT2D eigenvalue weighted by Crippen LogP contribution is -2.38. The highest BCUT2D eigenvalue weighted by Crippen LogP contribution is 2.15. The number of benzene rings is 1. The normalized spacial score (nSPS) is 17.3. The second kappa shape index (κ2) is 7.38. The van der Waals surface area contributed by atoms with Crippen molar-refractivity contribution in [1.82, 2.24) is 9.80 Å². The lowest BCUT2D eigenvalue weighted by molar-refractivity contribution is -0.134. The molecule has 0 aromatic heterocycles. The van der Waals surface area contributed by atoms with Gasteiger partial charge in [0.05, 0.1) is 0 Å². The first kappa shape index (κ1) is 16.5. The molecule has 0 saturated carbocycles. The van der Waals surface area contributed by atoms with Crippen LogP contribution in [0.15, 0.2) is 24.3 Å². The first-order chi connectivity index (χ1) is 10.5. The number of hydrogen-bond acceptors (Lipinski definition) is 2. The van der Waals surface area contributed by atoms with E-state index in [1.807, 2.05) is 13.8 Å². The predicted molar refractivity (Wildman–Crippen MR) is 82.5 cm³/mol. The number of halogens is 1. The molecule has 1 atom stereocenters. The molecule has 0 radical (unpaired) electrons. The highest BCUT2D eigenvalue weighted by molar-refractivity contribution is 5.81. The number of amides is 2. The van der Waals surface area contributed by atoms with Gasteiger partial charge in [0.1, 0.15) is 5.82 Å². The topological polar surface area (TPSA) is 40.6 Å². The van der Waals surface area contributed by atoms with Gasteiger partial charge >= 0.3 is 0 Å². The van der Waals surface area contributed by atoms with E-state index in [1.165, 1.54) is 6.07 Å². The van der Waals surface area contributed by atoms with Crippen LogP contribution in [0, 0.1) is 11.7 Å². The maximum Gasteiger partial charge on any atom is 0.225 e. The van der Waals surface area contributed by atoms with Gasteiger partial charge in [-0.25, -0.2) is 4.39 Å². The Bertz CT molecular complexity index is 547. The molecule has 22 heavy (non-hydrogen) atoms. The van der Waals surface area contributed by atoms with Crippen LogP contribution in [0.4, 0.5) is 4.39 Å². The Kier molecular flexibility index (Phi) is 5.52. The van der Waals surface area contributed by atoms with Gasteiger partial charge in [-0.15, -0.1) is 0 Å². The summed E-state index contributed by atoms with van der Waals surface area (Å²) in [6, 6.07) is 6.49. The third kappa shape index (κ3) is 3.84. The average molecular weight is 306 g/mol. The minimum Gasteiger partial charge on any atom is -0.340 e. The van der Waals surface area contributed by atoms with Crippen molar-refractivity contribution in [3.63, 3.8) is 0 Å². The summed E-state index contributed by atoms with van der Waals surface area (Å²) in [4.78, 5) is 27.8. The number of carbonyl (C=O) groups excluding carboxylic acids is 2. The standard InChI is InChI=1S/C17H23FN2O2/c1-3-13(2)17(22)19-9-8-16(21)20(11-10-19)12-14-6-4-5-7-15(14)18/h4-7,13H,3,8-12H2,1-2H3/t13-/m0/s1. The van der Waals surface area contributed by atoms with E-state index >= 15 is 0 Å². The van der Waals surface area contributed by atoms with Crippen LogP contribution in [-0.4, -0.2) is 41.2 Å². The quantitative estimate of drug-likeness (QED) is 0.857. The minimum absolute atomic E-state index is 0.0202. The van der Waals surface area contributed by atoms with Gasteiger partial charge in [0.2, 0.25) is 11.8 Å². The van der Waals surface area contributed by atoms with Gasteiger partial charge in [0, 0.05) is 44.1 Å². The number of rotatable bonds is 4. The monoisotopic (exact) mass is 306 g/mol. The summed E-state index contributed by atoms with van der Waals surface area (Å²) in [5.74, 6) is -0.244. The molecule has 1 aliphatic rings. The van der Waals surface area contributed by atoms with Gasteiger partial charge in [-0.2, -0.15) is 0 Å². The van der Waals surface area contributed by atoms with E-state index in [2.05, 4.69) is 0 Å². The fraction of sp³-hybridized carbons (Fsp3) is 0.529. The van der Waals surface area contributed by atoms with E-state index in [4.69, 9.17) is 0 Å². The fourth-order valence-electron chi connectivity index (χ4n) is 2.57. The molecular weight excluding hydrogens is 283 g/mol. The molecule has 0 N–H and O–H groups in total. The molecule has 0 spiro atoms. The first-order valence-corrected chi connectivity index (χ1v) is 7.83. The predicted octanol–water partition coefficient (Wildman–Crippen LogP) is 2.43. The van der Waals surface area contributed by atoms with Crippen molar-refractivity contribution in [3.8, 4) is 0 Å².